The maximum atomic E-state index is 11.1. The van der Waals surface area contributed by atoms with E-state index < -0.39 is 18.0 Å². The second-order valence-electron chi connectivity index (χ2n) is 3.71. The molecule has 0 aromatic heterocycles. The maximum Gasteiger partial charge on any atom is 0.325 e. The first-order valence-corrected chi connectivity index (χ1v) is 4.86. The van der Waals surface area contributed by atoms with Crippen LogP contribution in [0.1, 0.15) is 26.2 Å². The van der Waals surface area contributed by atoms with Crippen LogP contribution in [0.3, 0.4) is 0 Å². The van der Waals surface area contributed by atoms with Gasteiger partial charge in [-0.25, -0.2) is 4.79 Å². The third-order valence-corrected chi connectivity index (χ3v) is 2.49. The summed E-state index contributed by atoms with van der Waals surface area (Å²) in [6.45, 7) is 2.09. The fourth-order valence-electron chi connectivity index (χ4n) is 1.24. The second-order valence-corrected chi connectivity index (χ2v) is 3.71. The van der Waals surface area contributed by atoms with Crippen molar-refractivity contribution in [2.45, 2.75) is 32.2 Å². The highest BCUT2D eigenvalue weighted by molar-refractivity contribution is 5.82. The van der Waals surface area contributed by atoms with Crippen molar-refractivity contribution in [3.8, 4) is 0 Å². The average molecular weight is 200 g/mol. The fourth-order valence-corrected chi connectivity index (χ4v) is 1.24. The lowest BCUT2D eigenvalue weighted by molar-refractivity contribution is -0.138. The van der Waals surface area contributed by atoms with E-state index in [2.05, 4.69) is 10.6 Å². The van der Waals surface area contributed by atoms with Crippen molar-refractivity contribution in [1.82, 2.24) is 10.6 Å². The van der Waals surface area contributed by atoms with E-state index in [0.717, 1.165) is 12.8 Å². The van der Waals surface area contributed by atoms with Gasteiger partial charge in [0.05, 0.1) is 0 Å². The smallest absolute Gasteiger partial charge is 0.325 e. The van der Waals surface area contributed by atoms with Gasteiger partial charge in [-0.05, 0) is 25.7 Å². The van der Waals surface area contributed by atoms with Crippen LogP contribution < -0.4 is 10.6 Å². The Morgan fingerprint density at radius 1 is 1.50 bits per heavy atom. The van der Waals surface area contributed by atoms with Crippen LogP contribution in [-0.2, 0) is 4.79 Å². The van der Waals surface area contributed by atoms with Crippen molar-refractivity contribution in [1.29, 1.82) is 0 Å². The molecule has 1 atom stereocenters. The van der Waals surface area contributed by atoms with Crippen LogP contribution in [0.5, 0.6) is 0 Å². The Morgan fingerprint density at radius 3 is 2.57 bits per heavy atom. The molecule has 1 fully saturated rings. The number of urea groups is 1. The van der Waals surface area contributed by atoms with Gasteiger partial charge in [-0.2, -0.15) is 0 Å². The zero-order valence-corrected chi connectivity index (χ0v) is 8.25. The Morgan fingerprint density at radius 2 is 2.14 bits per heavy atom. The molecule has 0 aliphatic heterocycles. The zero-order valence-electron chi connectivity index (χ0n) is 8.25. The fraction of sp³-hybridized carbons (Fsp3) is 0.778. The molecule has 14 heavy (non-hydrogen) atoms. The van der Waals surface area contributed by atoms with Crippen LogP contribution in [0.15, 0.2) is 0 Å². The lowest BCUT2D eigenvalue weighted by Crippen LogP contribution is -2.46. The number of aliphatic carboxylic acids is 1. The normalized spacial score (nSPS) is 18.1. The van der Waals surface area contributed by atoms with Crippen LogP contribution in [-0.4, -0.2) is 29.7 Å². The lowest BCUT2D eigenvalue weighted by atomic mass is 9.85. The minimum atomic E-state index is -1.02. The van der Waals surface area contributed by atoms with E-state index in [1.807, 2.05) is 0 Å². The molecule has 1 saturated carbocycles. The van der Waals surface area contributed by atoms with Crippen LogP contribution in [0.2, 0.25) is 0 Å². The monoisotopic (exact) mass is 200 g/mol. The van der Waals surface area contributed by atoms with Gasteiger partial charge in [0.15, 0.2) is 0 Å². The van der Waals surface area contributed by atoms with Crippen LogP contribution in [0.25, 0.3) is 0 Å². The van der Waals surface area contributed by atoms with Crippen LogP contribution >= 0.6 is 0 Å². The molecule has 0 aromatic carbocycles. The van der Waals surface area contributed by atoms with E-state index in [-0.39, 0.29) is 0 Å². The first-order chi connectivity index (χ1) is 6.59. The molecule has 1 unspecified atom stereocenters. The summed E-state index contributed by atoms with van der Waals surface area (Å²) in [7, 11) is 0. The number of carbonyl (C=O) groups excluding carboxylic acids is 1. The maximum absolute atomic E-state index is 11.1. The molecular formula is C9H16N2O3. The van der Waals surface area contributed by atoms with Crippen molar-refractivity contribution >= 4 is 12.0 Å². The van der Waals surface area contributed by atoms with Gasteiger partial charge in [0.1, 0.15) is 6.04 Å². The SMILES string of the molecule is CC(NC(=O)NCC1CCC1)C(=O)O. The summed E-state index contributed by atoms with van der Waals surface area (Å²) < 4.78 is 0. The molecule has 0 aromatic rings. The topological polar surface area (TPSA) is 78.4 Å². The van der Waals surface area contributed by atoms with E-state index in [1.54, 1.807) is 0 Å². The van der Waals surface area contributed by atoms with E-state index in [0.29, 0.717) is 12.5 Å². The van der Waals surface area contributed by atoms with Gasteiger partial charge in [-0.3, -0.25) is 4.79 Å². The molecule has 0 bridgehead atoms. The standard InChI is InChI=1S/C9H16N2O3/c1-6(8(12)13)11-9(14)10-5-7-3-2-4-7/h6-7H,2-5H2,1H3,(H,12,13)(H2,10,11,14). The molecule has 2 amide bonds. The highest BCUT2D eigenvalue weighted by Gasteiger charge is 2.19. The number of amides is 2. The largest absolute Gasteiger partial charge is 0.480 e. The molecule has 5 heteroatoms. The molecule has 3 N–H and O–H groups in total. The second kappa shape index (κ2) is 4.83. The predicted molar refractivity (Wildman–Crippen MR) is 51.0 cm³/mol. The first-order valence-electron chi connectivity index (χ1n) is 4.86. The van der Waals surface area contributed by atoms with Crippen molar-refractivity contribution in [3.63, 3.8) is 0 Å². The van der Waals surface area contributed by atoms with Crippen molar-refractivity contribution in [2.75, 3.05) is 6.54 Å². The summed E-state index contributed by atoms with van der Waals surface area (Å²) in [4.78, 5) is 21.5. The molecular weight excluding hydrogens is 184 g/mol. The van der Waals surface area contributed by atoms with E-state index >= 15 is 0 Å². The van der Waals surface area contributed by atoms with Gasteiger partial charge in [0.25, 0.3) is 0 Å². The minimum Gasteiger partial charge on any atom is -0.480 e. The number of hydrogen-bond acceptors (Lipinski definition) is 2. The zero-order chi connectivity index (χ0) is 10.6. The van der Waals surface area contributed by atoms with Gasteiger partial charge in [-0.1, -0.05) is 6.42 Å². The number of rotatable bonds is 4. The Labute approximate surface area is 82.9 Å². The predicted octanol–water partition coefficient (Wildman–Crippen LogP) is 0.559. The molecule has 0 spiro atoms. The Hall–Kier alpha value is -1.26. The molecule has 0 radical (unpaired) electrons. The lowest BCUT2D eigenvalue weighted by Gasteiger charge is -2.25. The highest BCUT2D eigenvalue weighted by Crippen LogP contribution is 2.24. The molecule has 1 rings (SSSR count). The minimum absolute atomic E-state index is 0.396. The van der Waals surface area contributed by atoms with Gasteiger partial charge in [0, 0.05) is 6.54 Å². The molecule has 1 aliphatic carbocycles. The summed E-state index contributed by atoms with van der Waals surface area (Å²) in [6, 6.07) is -1.23. The molecule has 1 aliphatic rings. The average Bonchev–Trinajstić information content (AvgIpc) is 2.00. The van der Waals surface area contributed by atoms with Gasteiger partial charge in [-0.15, -0.1) is 0 Å². The summed E-state index contributed by atoms with van der Waals surface area (Å²) in [5.41, 5.74) is 0. The molecule has 0 saturated heterocycles. The van der Waals surface area contributed by atoms with Crippen molar-refractivity contribution < 1.29 is 14.7 Å². The van der Waals surface area contributed by atoms with Gasteiger partial charge < -0.3 is 15.7 Å². The quantitative estimate of drug-likeness (QED) is 0.620. The number of nitrogens with one attached hydrogen (secondary N) is 2. The van der Waals surface area contributed by atoms with E-state index in [9.17, 15) is 9.59 Å². The molecule has 5 nitrogen and oxygen atoms in total. The summed E-state index contributed by atoms with van der Waals surface area (Å²) in [6.07, 6.45) is 3.56. The van der Waals surface area contributed by atoms with Crippen LogP contribution in [0, 0.1) is 5.92 Å². The number of carbonyl (C=O) groups is 2. The Balaban J connectivity index is 2.11. The van der Waals surface area contributed by atoms with Crippen molar-refractivity contribution in [3.05, 3.63) is 0 Å². The Bertz CT molecular complexity index is 226. The molecule has 0 heterocycles. The third kappa shape index (κ3) is 3.24. The third-order valence-electron chi connectivity index (χ3n) is 2.49. The summed E-state index contributed by atoms with van der Waals surface area (Å²) >= 11 is 0. The van der Waals surface area contributed by atoms with E-state index in [1.165, 1.54) is 13.3 Å². The highest BCUT2D eigenvalue weighted by atomic mass is 16.4. The molecule has 80 valence electrons. The Kier molecular flexibility index (Phi) is 3.73. The summed E-state index contributed by atoms with van der Waals surface area (Å²) in [5.74, 6) is -0.440. The van der Waals surface area contributed by atoms with E-state index in [4.69, 9.17) is 5.11 Å². The first kappa shape index (κ1) is 10.8. The summed E-state index contributed by atoms with van der Waals surface area (Å²) in [5, 5.41) is 13.5. The number of carboxylic acid groups (broad SMARTS) is 1. The number of carboxylic acids is 1. The van der Waals surface area contributed by atoms with Gasteiger partial charge >= 0.3 is 12.0 Å². The number of hydrogen-bond donors (Lipinski definition) is 3. The van der Waals surface area contributed by atoms with Gasteiger partial charge in [0.2, 0.25) is 0 Å². The van der Waals surface area contributed by atoms with Crippen molar-refractivity contribution in [2.24, 2.45) is 5.92 Å². The van der Waals surface area contributed by atoms with Crippen LogP contribution in [0.4, 0.5) is 4.79 Å².